The second-order valence-corrected chi connectivity index (χ2v) is 4.89. The maximum Gasteiger partial charge on any atom is 0.264 e. The first kappa shape index (κ1) is 11.3. The van der Waals surface area contributed by atoms with Gasteiger partial charge in [0.15, 0.2) is 0 Å². The van der Waals surface area contributed by atoms with Crippen LogP contribution in [0.25, 0.3) is 0 Å². The molecule has 0 spiro atoms. The van der Waals surface area contributed by atoms with Gasteiger partial charge in [0.25, 0.3) is 10.0 Å². The van der Waals surface area contributed by atoms with E-state index < -0.39 is 10.0 Å². The molecule has 2 rings (SSSR count). The molecule has 0 atom stereocenters. The molecule has 6 nitrogen and oxygen atoms in total. The fraction of sp³-hybridized carbons (Fsp3) is 0. The number of aromatic amines is 1. The van der Waals surface area contributed by atoms with Gasteiger partial charge >= 0.3 is 0 Å². The zero-order chi connectivity index (χ0) is 12.3. The number of rotatable bonds is 3. The second-order valence-electron chi connectivity index (χ2n) is 3.21. The first-order chi connectivity index (χ1) is 8.08. The molecule has 88 valence electrons. The Labute approximate surface area is 97.4 Å². The Morgan fingerprint density at radius 2 is 2.00 bits per heavy atom. The van der Waals surface area contributed by atoms with E-state index in [1.54, 1.807) is 12.1 Å². The molecular formula is C10H9N3O3S. The van der Waals surface area contributed by atoms with E-state index in [4.69, 9.17) is 0 Å². The van der Waals surface area contributed by atoms with E-state index in [1.807, 2.05) is 0 Å². The number of aromatic nitrogens is 2. The summed E-state index contributed by atoms with van der Waals surface area (Å²) < 4.78 is 26.0. The standard InChI is InChI=1S/C10H9N3O3S/c14-10-5-4-8(7-12-10)17(15,16)13-9-3-1-2-6-11-9/h1-7H,(H,11,13)(H,12,14). The fourth-order valence-corrected chi connectivity index (χ4v) is 2.16. The number of nitrogens with one attached hydrogen (secondary N) is 2. The molecule has 2 aromatic heterocycles. The van der Waals surface area contributed by atoms with Crippen molar-refractivity contribution in [3.05, 3.63) is 53.1 Å². The van der Waals surface area contributed by atoms with Crippen molar-refractivity contribution in [1.82, 2.24) is 9.97 Å². The number of hydrogen-bond donors (Lipinski definition) is 2. The van der Waals surface area contributed by atoms with Gasteiger partial charge in [-0.1, -0.05) is 6.07 Å². The minimum atomic E-state index is -3.71. The Balaban J connectivity index is 2.32. The Bertz CT molecular complexity index is 644. The molecule has 0 aliphatic carbocycles. The Kier molecular flexibility index (Phi) is 2.92. The molecule has 0 amide bonds. The van der Waals surface area contributed by atoms with Crippen LogP contribution in [0.5, 0.6) is 0 Å². The van der Waals surface area contributed by atoms with Gasteiger partial charge in [-0.15, -0.1) is 0 Å². The van der Waals surface area contributed by atoms with Gasteiger partial charge < -0.3 is 4.98 Å². The molecule has 0 saturated carbocycles. The first-order valence-corrected chi connectivity index (χ1v) is 6.19. The zero-order valence-corrected chi connectivity index (χ0v) is 9.44. The van der Waals surface area contributed by atoms with Crippen LogP contribution >= 0.6 is 0 Å². The highest BCUT2D eigenvalue weighted by Crippen LogP contribution is 2.11. The van der Waals surface area contributed by atoms with E-state index in [2.05, 4.69) is 14.7 Å². The normalized spacial score (nSPS) is 11.1. The summed E-state index contributed by atoms with van der Waals surface area (Å²) in [5.74, 6) is 0.221. The van der Waals surface area contributed by atoms with Gasteiger partial charge in [0.2, 0.25) is 5.56 Å². The lowest BCUT2D eigenvalue weighted by atomic mass is 10.5. The largest absolute Gasteiger partial charge is 0.328 e. The van der Waals surface area contributed by atoms with E-state index in [0.29, 0.717) is 0 Å². The summed E-state index contributed by atoms with van der Waals surface area (Å²) in [7, 11) is -3.71. The number of H-pyrrole nitrogens is 1. The zero-order valence-electron chi connectivity index (χ0n) is 8.62. The summed E-state index contributed by atoms with van der Waals surface area (Å²) in [6.07, 6.45) is 2.61. The highest BCUT2D eigenvalue weighted by atomic mass is 32.2. The average molecular weight is 251 g/mol. The average Bonchev–Trinajstić information content (AvgIpc) is 2.30. The molecular weight excluding hydrogens is 242 g/mol. The topological polar surface area (TPSA) is 91.9 Å². The third-order valence-corrected chi connectivity index (χ3v) is 3.32. The second kappa shape index (κ2) is 4.38. The van der Waals surface area contributed by atoms with Gasteiger partial charge in [-0.05, 0) is 18.2 Å². The third kappa shape index (κ3) is 2.70. The molecule has 0 saturated heterocycles. The quantitative estimate of drug-likeness (QED) is 0.834. The number of anilines is 1. The number of nitrogens with zero attached hydrogens (tertiary/aromatic N) is 1. The van der Waals surface area contributed by atoms with Crippen molar-refractivity contribution in [2.24, 2.45) is 0 Å². The summed E-state index contributed by atoms with van der Waals surface area (Å²) in [5, 5.41) is 0. The maximum absolute atomic E-state index is 11.8. The van der Waals surface area contributed by atoms with E-state index in [0.717, 1.165) is 12.3 Å². The van der Waals surface area contributed by atoms with E-state index >= 15 is 0 Å². The van der Waals surface area contributed by atoms with Crippen LogP contribution in [-0.2, 0) is 10.0 Å². The van der Waals surface area contributed by atoms with Gasteiger partial charge in [-0.25, -0.2) is 13.4 Å². The van der Waals surface area contributed by atoms with Crippen molar-refractivity contribution >= 4 is 15.8 Å². The molecule has 7 heteroatoms. The van der Waals surface area contributed by atoms with Crippen LogP contribution in [0.4, 0.5) is 5.82 Å². The summed E-state index contributed by atoms with van der Waals surface area (Å²) in [6.45, 7) is 0. The Morgan fingerprint density at radius 3 is 2.59 bits per heavy atom. The molecule has 0 radical (unpaired) electrons. The van der Waals surface area contributed by atoms with Crippen molar-refractivity contribution in [3.8, 4) is 0 Å². The third-order valence-electron chi connectivity index (χ3n) is 1.97. The minimum Gasteiger partial charge on any atom is -0.328 e. The molecule has 2 heterocycles. The SMILES string of the molecule is O=c1ccc(S(=O)(=O)Nc2ccccn2)c[nH]1. The molecule has 0 bridgehead atoms. The predicted octanol–water partition coefficient (Wildman–Crippen LogP) is 0.571. The summed E-state index contributed by atoms with van der Waals surface area (Å²) in [6, 6.07) is 7.25. The van der Waals surface area contributed by atoms with Crippen molar-refractivity contribution < 1.29 is 8.42 Å². The minimum absolute atomic E-state index is 0.0252. The van der Waals surface area contributed by atoms with Crippen LogP contribution in [0, 0.1) is 0 Å². The Hall–Kier alpha value is -2.15. The van der Waals surface area contributed by atoms with Gasteiger partial charge in [-0.2, -0.15) is 0 Å². The van der Waals surface area contributed by atoms with Gasteiger partial charge in [-0.3, -0.25) is 9.52 Å². The number of sulfonamides is 1. The van der Waals surface area contributed by atoms with E-state index in [9.17, 15) is 13.2 Å². The van der Waals surface area contributed by atoms with Crippen molar-refractivity contribution in [1.29, 1.82) is 0 Å². The summed E-state index contributed by atoms with van der Waals surface area (Å²) in [5.41, 5.74) is -0.359. The lowest BCUT2D eigenvalue weighted by Crippen LogP contribution is -2.15. The molecule has 2 aromatic rings. The van der Waals surface area contributed by atoms with E-state index in [-0.39, 0.29) is 16.3 Å². The van der Waals surface area contributed by atoms with Crippen molar-refractivity contribution in [3.63, 3.8) is 0 Å². The molecule has 2 N–H and O–H groups in total. The van der Waals surface area contributed by atoms with Gasteiger partial charge in [0, 0.05) is 18.5 Å². The molecule has 17 heavy (non-hydrogen) atoms. The molecule has 0 fully saturated rings. The van der Waals surface area contributed by atoms with Gasteiger partial charge in [0.1, 0.15) is 10.7 Å². The monoisotopic (exact) mass is 251 g/mol. The Morgan fingerprint density at radius 1 is 1.18 bits per heavy atom. The van der Waals surface area contributed by atoms with Crippen LogP contribution in [0.1, 0.15) is 0 Å². The molecule has 0 unspecified atom stereocenters. The summed E-state index contributed by atoms with van der Waals surface area (Å²) >= 11 is 0. The van der Waals surface area contributed by atoms with Gasteiger partial charge in [0.05, 0.1) is 0 Å². The lowest BCUT2D eigenvalue weighted by molar-refractivity contribution is 0.600. The van der Waals surface area contributed by atoms with Crippen LogP contribution in [0.2, 0.25) is 0 Å². The van der Waals surface area contributed by atoms with E-state index in [1.165, 1.54) is 18.3 Å². The number of pyridine rings is 2. The first-order valence-electron chi connectivity index (χ1n) is 4.70. The van der Waals surface area contributed by atoms with Crippen LogP contribution in [0.15, 0.2) is 52.4 Å². The summed E-state index contributed by atoms with van der Waals surface area (Å²) in [4.78, 5) is 16.9. The van der Waals surface area contributed by atoms with Crippen LogP contribution in [0.3, 0.4) is 0 Å². The number of hydrogen-bond acceptors (Lipinski definition) is 4. The highest BCUT2D eigenvalue weighted by Gasteiger charge is 2.14. The maximum atomic E-state index is 11.8. The molecule has 0 aliphatic rings. The fourth-order valence-electron chi connectivity index (χ4n) is 1.18. The van der Waals surface area contributed by atoms with Crippen molar-refractivity contribution in [2.75, 3.05) is 4.72 Å². The van der Waals surface area contributed by atoms with Crippen molar-refractivity contribution in [2.45, 2.75) is 4.90 Å². The molecule has 0 aliphatic heterocycles. The van der Waals surface area contributed by atoms with Crippen LogP contribution < -0.4 is 10.3 Å². The van der Waals surface area contributed by atoms with Crippen LogP contribution in [-0.4, -0.2) is 18.4 Å². The highest BCUT2D eigenvalue weighted by molar-refractivity contribution is 7.92. The lowest BCUT2D eigenvalue weighted by Gasteiger charge is -2.05. The smallest absolute Gasteiger partial charge is 0.264 e. The molecule has 0 aromatic carbocycles. The predicted molar refractivity (Wildman–Crippen MR) is 62.1 cm³/mol.